The lowest BCUT2D eigenvalue weighted by Gasteiger charge is -2.16. The number of carbonyl (C=O) groups excluding carboxylic acids is 1. The Balaban J connectivity index is 4.55. The van der Waals surface area contributed by atoms with Crippen LogP contribution in [-0.4, -0.2) is 23.7 Å². The minimum absolute atomic E-state index is 0.359. The third kappa shape index (κ3) is 8.19. The van der Waals surface area contributed by atoms with Gasteiger partial charge in [0, 0.05) is 6.08 Å². The number of carboxylic acids is 1. The molecule has 0 saturated heterocycles. The standard InChI is InChI=1S/C15H24O4/c1-4-5-6-7-8-9-12(2)15(19-11-16)13(3)10-14(17)18/h9-11,15H,4-8H2,1-3H3,(H,17,18)/b12-9-,13-10-. The van der Waals surface area contributed by atoms with Crippen molar-refractivity contribution in [2.24, 2.45) is 0 Å². The number of allylic oxidation sites excluding steroid dienone is 1. The van der Waals surface area contributed by atoms with Gasteiger partial charge in [-0.1, -0.05) is 32.3 Å². The summed E-state index contributed by atoms with van der Waals surface area (Å²) < 4.78 is 4.96. The van der Waals surface area contributed by atoms with Crippen LogP contribution in [0.15, 0.2) is 23.3 Å². The summed E-state index contributed by atoms with van der Waals surface area (Å²) in [7, 11) is 0. The van der Waals surface area contributed by atoms with Crippen molar-refractivity contribution in [3.8, 4) is 0 Å². The topological polar surface area (TPSA) is 63.6 Å². The molecule has 0 saturated carbocycles. The number of hydrogen-bond acceptors (Lipinski definition) is 3. The van der Waals surface area contributed by atoms with Gasteiger partial charge in [-0.3, -0.25) is 4.79 Å². The second kappa shape index (κ2) is 10.4. The number of carbonyl (C=O) groups is 2. The molecule has 19 heavy (non-hydrogen) atoms. The molecular formula is C15H24O4. The monoisotopic (exact) mass is 268 g/mol. The van der Waals surface area contributed by atoms with E-state index in [2.05, 4.69) is 6.92 Å². The molecule has 0 spiro atoms. The van der Waals surface area contributed by atoms with E-state index in [-0.39, 0.29) is 0 Å². The van der Waals surface area contributed by atoms with Crippen LogP contribution in [0.4, 0.5) is 0 Å². The van der Waals surface area contributed by atoms with Gasteiger partial charge in [-0.2, -0.15) is 0 Å². The molecule has 0 aliphatic rings. The molecule has 0 aliphatic heterocycles. The average molecular weight is 268 g/mol. The summed E-state index contributed by atoms with van der Waals surface area (Å²) in [4.78, 5) is 21.1. The summed E-state index contributed by atoms with van der Waals surface area (Å²) in [6, 6.07) is 0. The van der Waals surface area contributed by atoms with Crippen LogP contribution in [0.1, 0.15) is 52.9 Å². The summed E-state index contributed by atoms with van der Waals surface area (Å²) in [5.74, 6) is -1.03. The largest absolute Gasteiger partial charge is 0.478 e. The van der Waals surface area contributed by atoms with Crippen LogP contribution in [0.25, 0.3) is 0 Å². The zero-order chi connectivity index (χ0) is 14.7. The van der Waals surface area contributed by atoms with Gasteiger partial charge < -0.3 is 9.84 Å². The Hall–Kier alpha value is -1.58. The summed E-state index contributed by atoms with van der Waals surface area (Å²) in [5, 5.41) is 8.72. The predicted molar refractivity (Wildman–Crippen MR) is 74.8 cm³/mol. The highest BCUT2D eigenvalue weighted by Gasteiger charge is 2.14. The minimum Gasteiger partial charge on any atom is -0.478 e. The van der Waals surface area contributed by atoms with Crippen LogP contribution in [-0.2, 0) is 14.3 Å². The molecule has 0 bridgehead atoms. The predicted octanol–water partition coefficient (Wildman–Crippen LogP) is 3.48. The highest BCUT2D eigenvalue weighted by atomic mass is 16.5. The molecule has 0 amide bonds. The SMILES string of the molecule is CCCCCC/C=C(/C)C(OC=O)/C(C)=C\C(=O)O. The van der Waals surface area contributed by atoms with E-state index in [1.165, 1.54) is 19.3 Å². The van der Waals surface area contributed by atoms with Crippen LogP contribution >= 0.6 is 0 Å². The molecule has 0 heterocycles. The molecule has 1 atom stereocenters. The van der Waals surface area contributed by atoms with Gasteiger partial charge in [-0.25, -0.2) is 4.79 Å². The van der Waals surface area contributed by atoms with Crippen LogP contribution in [0.5, 0.6) is 0 Å². The van der Waals surface area contributed by atoms with Crippen molar-refractivity contribution >= 4 is 12.4 Å². The van der Waals surface area contributed by atoms with Crippen LogP contribution in [0, 0.1) is 0 Å². The zero-order valence-corrected chi connectivity index (χ0v) is 12.0. The first-order valence-corrected chi connectivity index (χ1v) is 6.69. The summed E-state index contributed by atoms with van der Waals surface area (Å²) in [6.45, 7) is 6.03. The third-order valence-corrected chi connectivity index (χ3v) is 2.89. The van der Waals surface area contributed by atoms with Crippen molar-refractivity contribution in [1.82, 2.24) is 0 Å². The highest BCUT2D eigenvalue weighted by Crippen LogP contribution is 2.16. The first kappa shape index (κ1) is 17.4. The number of hydrogen-bond donors (Lipinski definition) is 1. The Bertz CT molecular complexity index is 342. The lowest BCUT2D eigenvalue weighted by atomic mass is 10.0. The van der Waals surface area contributed by atoms with Gasteiger partial charge in [0.05, 0.1) is 0 Å². The fourth-order valence-electron chi connectivity index (χ4n) is 1.91. The smallest absolute Gasteiger partial charge is 0.328 e. The molecule has 0 rings (SSSR count). The van der Waals surface area contributed by atoms with Gasteiger partial charge in [0.25, 0.3) is 6.47 Å². The van der Waals surface area contributed by atoms with E-state index < -0.39 is 12.1 Å². The first-order valence-electron chi connectivity index (χ1n) is 6.69. The number of rotatable bonds is 10. The van der Waals surface area contributed by atoms with Gasteiger partial charge >= 0.3 is 5.97 Å². The highest BCUT2D eigenvalue weighted by molar-refractivity contribution is 5.81. The molecule has 0 aromatic carbocycles. The summed E-state index contributed by atoms with van der Waals surface area (Å²) in [6.07, 6.45) is 8.14. The summed E-state index contributed by atoms with van der Waals surface area (Å²) >= 11 is 0. The zero-order valence-electron chi connectivity index (χ0n) is 12.0. The van der Waals surface area contributed by atoms with Gasteiger partial charge in [-0.05, 0) is 37.8 Å². The molecule has 4 nitrogen and oxygen atoms in total. The maximum absolute atomic E-state index is 10.6. The lowest BCUT2D eigenvalue weighted by Crippen LogP contribution is -2.16. The average Bonchev–Trinajstić information content (AvgIpc) is 2.34. The second-order valence-corrected chi connectivity index (χ2v) is 4.64. The molecule has 0 aromatic heterocycles. The first-order chi connectivity index (χ1) is 9.02. The molecule has 1 unspecified atom stereocenters. The van der Waals surface area contributed by atoms with Crippen LogP contribution < -0.4 is 0 Å². The van der Waals surface area contributed by atoms with E-state index >= 15 is 0 Å². The van der Waals surface area contributed by atoms with E-state index in [1.54, 1.807) is 6.92 Å². The number of aliphatic carboxylic acids is 1. The van der Waals surface area contributed by atoms with E-state index in [0.29, 0.717) is 12.0 Å². The molecule has 0 radical (unpaired) electrons. The van der Waals surface area contributed by atoms with Crippen molar-refractivity contribution in [1.29, 1.82) is 0 Å². The Morgan fingerprint density at radius 3 is 2.42 bits per heavy atom. The fraction of sp³-hybridized carbons (Fsp3) is 0.600. The van der Waals surface area contributed by atoms with Gasteiger partial charge in [0.2, 0.25) is 0 Å². The fourth-order valence-corrected chi connectivity index (χ4v) is 1.91. The quantitative estimate of drug-likeness (QED) is 0.285. The van der Waals surface area contributed by atoms with E-state index in [9.17, 15) is 9.59 Å². The third-order valence-electron chi connectivity index (χ3n) is 2.89. The molecule has 4 heteroatoms. The van der Waals surface area contributed by atoms with E-state index in [4.69, 9.17) is 9.84 Å². The lowest BCUT2D eigenvalue weighted by molar-refractivity contribution is -0.133. The Morgan fingerprint density at radius 1 is 1.21 bits per heavy atom. The molecule has 0 fully saturated rings. The van der Waals surface area contributed by atoms with Crippen molar-refractivity contribution in [3.63, 3.8) is 0 Å². The van der Waals surface area contributed by atoms with Crippen molar-refractivity contribution in [2.75, 3.05) is 0 Å². The molecule has 0 aromatic rings. The van der Waals surface area contributed by atoms with Crippen LogP contribution in [0.2, 0.25) is 0 Å². The Kier molecular flexibility index (Phi) is 9.49. The maximum atomic E-state index is 10.6. The van der Waals surface area contributed by atoms with Crippen LogP contribution in [0.3, 0.4) is 0 Å². The number of unbranched alkanes of at least 4 members (excludes halogenated alkanes) is 4. The second-order valence-electron chi connectivity index (χ2n) is 4.64. The van der Waals surface area contributed by atoms with E-state index in [1.807, 2.05) is 13.0 Å². The van der Waals surface area contributed by atoms with Crippen molar-refractivity contribution in [2.45, 2.75) is 59.0 Å². The van der Waals surface area contributed by atoms with Gasteiger partial charge in [-0.15, -0.1) is 0 Å². The number of ether oxygens (including phenoxy) is 1. The van der Waals surface area contributed by atoms with Crippen molar-refractivity contribution in [3.05, 3.63) is 23.3 Å². The van der Waals surface area contributed by atoms with Crippen molar-refractivity contribution < 1.29 is 19.4 Å². The number of carboxylic acid groups (broad SMARTS) is 1. The van der Waals surface area contributed by atoms with Gasteiger partial charge in [0.1, 0.15) is 6.10 Å². The molecular weight excluding hydrogens is 244 g/mol. The molecule has 1 N–H and O–H groups in total. The molecule has 0 aliphatic carbocycles. The normalized spacial score (nSPS) is 14.1. The van der Waals surface area contributed by atoms with E-state index in [0.717, 1.165) is 24.5 Å². The Labute approximate surface area is 115 Å². The minimum atomic E-state index is -1.03. The van der Waals surface area contributed by atoms with Gasteiger partial charge in [0.15, 0.2) is 0 Å². The maximum Gasteiger partial charge on any atom is 0.328 e. The summed E-state index contributed by atoms with van der Waals surface area (Å²) in [5.41, 5.74) is 1.39. The Morgan fingerprint density at radius 2 is 1.89 bits per heavy atom. The molecule has 108 valence electrons.